The standard InChI is InChI=1S/C13H17N3OS/c1-10(2)14-5-11-3-4-13(6-15-11)17-7-12-8-18-9-16-12/h3-4,6,8-10,14H,5,7H2,1-2H3. The van der Waals surface area contributed by atoms with Gasteiger partial charge in [0, 0.05) is 18.0 Å². The minimum Gasteiger partial charge on any atom is -0.486 e. The fourth-order valence-corrected chi connectivity index (χ4v) is 1.92. The summed E-state index contributed by atoms with van der Waals surface area (Å²) in [5.41, 5.74) is 3.77. The molecular formula is C13H17N3OS. The summed E-state index contributed by atoms with van der Waals surface area (Å²) in [7, 11) is 0. The van der Waals surface area contributed by atoms with E-state index >= 15 is 0 Å². The van der Waals surface area contributed by atoms with Crippen LogP contribution >= 0.6 is 11.3 Å². The van der Waals surface area contributed by atoms with Gasteiger partial charge >= 0.3 is 0 Å². The van der Waals surface area contributed by atoms with Crippen LogP contribution in [0.2, 0.25) is 0 Å². The van der Waals surface area contributed by atoms with Crippen molar-refractivity contribution in [1.82, 2.24) is 15.3 Å². The Balaban J connectivity index is 1.83. The van der Waals surface area contributed by atoms with Crippen LogP contribution in [-0.2, 0) is 13.2 Å². The third kappa shape index (κ3) is 4.09. The monoisotopic (exact) mass is 263 g/mol. The van der Waals surface area contributed by atoms with Crippen LogP contribution < -0.4 is 10.1 Å². The van der Waals surface area contributed by atoms with Gasteiger partial charge in [-0.25, -0.2) is 4.98 Å². The molecule has 1 N–H and O–H groups in total. The minimum absolute atomic E-state index is 0.465. The van der Waals surface area contributed by atoms with E-state index in [2.05, 4.69) is 29.1 Å². The average Bonchev–Trinajstić information content (AvgIpc) is 2.88. The lowest BCUT2D eigenvalue weighted by Crippen LogP contribution is -2.22. The lowest BCUT2D eigenvalue weighted by atomic mass is 10.3. The van der Waals surface area contributed by atoms with E-state index in [1.54, 1.807) is 23.0 Å². The molecule has 0 saturated carbocycles. The number of nitrogens with one attached hydrogen (secondary N) is 1. The van der Waals surface area contributed by atoms with Crippen molar-refractivity contribution >= 4 is 11.3 Å². The van der Waals surface area contributed by atoms with E-state index in [1.165, 1.54) is 0 Å². The molecular weight excluding hydrogens is 246 g/mol. The molecule has 0 radical (unpaired) electrons. The number of pyridine rings is 1. The second-order valence-corrected chi connectivity index (χ2v) is 5.01. The third-order valence-corrected chi connectivity index (χ3v) is 2.99. The fraction of sp³-hybridized carbons (Fsp3) is 0.385. The van der Waals surface area contributed by atoms with Crippen LogP contribution in [0.3, 0.4) is 0 Å². The molecule has 18 heavy (non-hydrogen) atoms. The number of nitrogens with zero attached hydrogens (tertiary/aromatic N) is 2. The quantitative estimate of drug-likeness (QED) is 0.870. The summed E-state index contributed by atoms with van der Waals surface area (Å²) in [6.07, 6.45) is 1.75. The maximum Gasteiger partial charge on any atom is 0.138 e. The maximum atomic E-state index is 5.59. The van der Waals surface area contributed by atoms with Gasteiger partial charge in [-0.1, -0.05) is 13.8 Å². The SMILES string of the molecule is CC(C)NCc1ccc(OCc2cscn2)cn1. The fourth-order valence-electron chi connectivity index (χ4n) is 1.38. The van der Waals surface area contributed by atoms with Crippen molar-refractivity contribution in [2.24, 2.45) is 0 Å². The highest BCUT2D eigenvalue weighted by atomic mass is 32.1. The molecule has 2 rings (SSSR count). The van der Waals surface area contributed by atoms with Gasteiger partial charge in [0.2, 0.25) is 0 Å². The molecule has 0 aromatic carbocycles. The van der Waals surface area contributed by atoms with Gasteiger partial charge in [0.05, 0.1) is 23.1 Å². The number of thiazole rings is 1. The summed E-state index contributed by atoms with van der Waals surface area (Å²) in [5, 5.41) is 5.30. The van der Waals surface area contributed by atoms with E-state index in [0.717, 1.165) is 23.7 Å². The summed E-state index contributed by atoms with van der Waals surface area (Å²) in [6.45, 7) is 5.51. The molecule has 0 aliphatic heterocycles. The summed E-state index contributed by atoms with van der Waals surface area (Å²) in [5.74, 6) is 0.774. The van der Waals surface area contributed by atoms with Crippen LogP contribution in [0.4, 0.5) is 0 Å². The van der Waals surface area contributed by atoms with Crippen LogP contribution in [0.5, 0.6) is 5.75 Å². The zero-order valence-electron chi connectivity index (χ0n) is 10.6. The molecule has 0 unspecified atom stereocenters. The average molecular weight is 263 g/mol. The zero-order valence-corrected chi connectivity index (χ0v) is 11.4. The first-order valence-corrected chi connectivity index (χ1v) is 6.86. The van der Waals surface area contributed by atoms with Crippen molar-refractivity contribution < 1.29 is 4.74 Å². The molecule has 5 heteroatoms. The Morgan fingerprint density at radius 2 is 2.17 bits per heavy atom. The van der Waals surface area contributed by atoms with E-state index in [4.69, 9.17) is 4.74 Å². The van der Waals surface area contributed by atoms with E-state index < -0.39 is 0 Å². The first-order valence-electron chi connectivity index (χ1n) is 5.92. The summed E-state index contributed by atoms with van der Waals surface area (Å²) in [4.78, 5) is 8.51. The molecule has 0 atom stereocenters. The molecule has 2 aromatic heterocycles. The maximum absolute atomic E-state index is 5.59. The Kier molecular flexibility index (Phi) is 4.66. The van der Waals surface area contributed by atoms with E-state index in [9.17, 15) is 0 Å². The van der Waals surface area contributed by atoms with E-state index in [-0.39, 0.29) is 0 Å². The molecule has 96 valence electrons. The number of hydrogen-bond donors (Lipinski definition) is 1. The molecule has 2 heterocycles. The van der Waals surface area contributed by atoms with Gasteiger partial charge < -0.3 is 10.1 Å². The summed E-state index contributed by atoms with van der Waals surface area (Å²) < 4.78 is 5.59. The predicted octanol–water partition coefficient (Wildman–Crippen LogP) is 2.62. The topological polar surface area (TPSA) is 47.0 Å². The van der Waals surface area contributed by atoms with Crippen molar-refractivity contribution in [2.75, 3.05) is 0 Å². The second-order valence-electron chi connectivity index (χ2n) is 4.29. The molecule has 0 fully saturated rings. The van der Waals surface area contributed by atoms with Gasteiger partial charge in [0.15, 0.2) is 0 Å². The number of hydrogen-bond acceptors (Lipinski definition) is 5. The Morgan fingerprint density at radius 3 is 2.78 bits per heavy atom. The number of ether oxygens (including phenoxy) is 1. The number of rotatable bonds is 6. The van der Waals surface area contributed by atoms with Crippen molar-refractivity contribution in [3.05, 3.63) is 40.6 Å². The molecule has 0 saturated heterocycles. The molecule has 2 aromatic rings. The first-order chi connectivity index (χ1) is 8.74. The minimum atomic E-state index is 0.465. The molecule has 0 bridgehead atoms. The highest BCUT2D eigenvalue weighted by molar-refractivity contribution is 7.07. The molecule has 4 nitrogen and oxygen atoms in total. The van der Waals surface area contributed by atoms with Crippen molar-refractivity contribution in [3.8, 4) is 5.75 Å². The molecule has 0 amide bonds. The van der Waals surface area contributed by atoms with Crippen LogP contribution in [0.1, 0.15) is 25.2 Å². The second kappa shape index (κ2) is 6.47. The predicted molar refractivity (Wildman–Crippen MR) is 72.7 cm³/mol. The first kappa shape index (κ1) is 13.0. The van der Waals surface area contributed by atoms with Crippen molar-refractivity contribution in [2.45, 2.75) is 33.0 Å². The highest BCUT2D eigenvalue weighted by Gasteiger charge is 2.00. The lowest BCUT2D eigenvalue weighted by Gasteiger charge is -2.08. The van der Waals surface area contributed by atoms with Gasteiger partial charge in [0.1, 0.15) is 12.4 Å². The third-order valence-electron chi connectivity index (χ3n) is 2.36. The van der Waals surface area contributed by atoms with Crippen molar-refractivity contribution in [1.29, 1.82) is 0 Å². The molecule has 0 aliphatic rings. The Morgan fingerprint density at radius 1 is 1.28 bits per heavy atom. The Bertz CT molecular complexity index is 454. The lowest BCUT2D eigenvalue weighted by molar-refractivity contribution is 0.300. The highest BCUT2D eigenvalue weighted by Crippen LogP contribution is 2.12. The van der Waals surface area contributed by atoms with Crippen LogP contribution in [-0.4, -0.2) is 16.0 Å². The van der Waals surface area contributed by atoms with E-state index in [0.29, 0.717) is 12.6 Å². The van der Waals surface area contributed by atoms with E-state index in [1.807, 2.05) is 17.5 Å². The number of aromatic nitrogens is 2. The van der Waals surface area contributed by atoms with Gasteiger partial charge in [-0.05, 0) is 12.1 Å². The Labute approximate surface area is 111 Å². The van der Waals surface area contributed by atoms with Crippen LogP contribution in [0.25, 0.3) is 0 Å². The normalized spacial score (nSPS) is 10.8. The van der Waals surface area contributed by atoms with Gasteiger partial charge in [0.25, 0.3) is 0 Å². The van der Waals surface area contributed by atoms with Crippen LogP contribution in [0.15, 0.2) is 29.2 Å². The largest absolute Gasteiger partial charge is 0.486 e. The smallest absolute Gasteiger partial charge is 0.138 e. The zero-order chi connectivity index (χ0) is 12.8. The molecule has 0 spiro atoms. The van der Waals surface area contributed by atoms with Gasteiger partial charge in [-0.3, -0.25) is 4.98 Å². The summed E-state index contributed by atoms with van der Waals surface area (Å²) >= 11 is 1.57. The molecule has 0 aliphatic carbocycles. The summed E-state index contributed by atoms with van der Waals surface area (Å²) in [6, 6.07) is 4.38. The van der Waals surface area contributed by atoms with Gasteiger partial charge in [-0.15, -0.1) is 11.3 Å². The van der Waals surface area contributed by atoms with Crippen molar-refractivity contribution in [3.63, 3.8) is 0 Å². The Hall–Kier alpha value is -1.46. The van der Waals surface area contributed by atoms with Gasteiger partial charge in [-0.2, -0.15) is 0 Å². The van der Waals surface area contributed by atoms with Crippen LogP contribution in [0, 0.1) is 0 Å².